The highest BCUT2D eigenvalue weighted by molar-refractivity contribution is 5.83. The van der Waals surface area contributed by atoms with Crippen LogP contribution in [0.2, 0.25) is 0 Å². The summed E-state index contributed by atoms with van der Waals surface area (Å²) in [6.07, 6.45) is -0.466. The van der Waals surface area contributed by atoms with Crippen molar-refractivity contribution < 1.29 is 9.84 Å². The predicted molar refractivity (Wildman–Crippen MR) is 78.3 cm³/mol. The molecule has 1 N–H and O–H groups in total. The molecule has 3 heteroatoms. The summed E-state index contributed by atoms with van der Waals surface area (Å²) in [6.45, 7) is 2.11. The number of aliphatic hydroxyl groups is 1. The zero-order chi connectivity index (χ0) is 13.7. The Kier molecular flexibility index (Phi) is 4.91. The second-order valence-corrected chi connectivity index (χ2v) is 4.88. The van der Waals surface area contributed by atoms with Gasteiger partial charge in [0.2, 0.25) is 0 Å². The number of benzene rings is 2. The van der Waals surface area contributed by atoms with Crippen LogP contribution in [0.25, 0.3) is 10.8 Å². The Morgan fingerprint density at radius 2 is 1.89 bits per heavy atom. The van der Waals surface area contributed by atoms with Gasteiger partial charge in [-0.25, -0.2) is 0 Å². The molecule has 0 aromatic heterocycles. The zero-order valence-corrected chi connectivity index (χ0v) is 11.5. The van der Waals surface area contributed by atoms with Crippen molar-refractivity contribution in [3.63, 3.8) is 0 Å². The number of likely N-dealkylation sites (N-methyl/N-ethyl adjacent to an activating group) is 1. The van der Waals surface area contributed by atoms with Gasteiger partial charge in [0.1, 0.15) is 0 Å². The molecule has 2 rings (SSSR count). The quantitative estimate of drug-likeness (QED) is 0.865. The van der Waals surface area contributed by atoms with Crippen molar-refractivity contribution in [3.05, 3.63) is 48.0 Å². The third-order valence-corrected chi connectivity index (χ3v) is 3.32. The lowest BCUT2D eigenvalue weighted by atomic mass is 10.0. The number of fused-ring (bicyclic) bond motifs is 1. The highest BCUT2D eigenvalue weighted by atomic mass is 16.5. The fraction of sp³-hybridized carbons (Fsp3) is 0.375. The van der Waals surface area contributed by atoms with E-state index in [0.29, 0.717) is 13.2 Å². The Balaban J connectivity index is 2.06. The standard InChI is InChI=1S/C16H21NO2/c1-17(9-10-19-2)12-16(18)15-8-7-13-5-3-4-6-14(13)11-15/h3-8,11,16,18H,9-10,12H2,1-2H3. The summed E-state index contributed by atoms with van der Waals surface area (Å²) in [6, 6.07) is 14.3. The first-order valence-corrected chi connectivity index (χ1v) is 6.55. The molecule has 3 nitrogen and oxygen atoms in total. The van der Waals surface area contributed by atoms with Crippen LogP contribution < -0.4 is 0 Å². The fourth-order valence-electron chi connectivity index (χ4n) is 2.15. The van der Waals surface area contributed by atoms with Crippen LogP contribution in [0.15, 0.2) is 42.5 Å². The largest absolute Gasteiger partial charge is 0.387 e. The number of nitrogens with zero attached hydrogens (tertiary/aromatic N) is 1. The van der Waals surface area contributed by atoms with E-state index in [4.69, 9.17) is 4.74 Å². The van der Waals surface area contributed by atoms with Crippen molar-refractivity contribution >= 4 is 10.8 Å². The molecule has 0 saturated heterocycles. The maximum atomic E-state index is 10.3. The fourth-order valence-corrected chi connectivity index (χ4v) is 2.15. The lowest BCUT2D eigenvalue weighted by molar-refractivity contribution is 0.103. The van der Waals surface area contributed by atoms with Crippen molar-refractivity contribution in [2.24, 2.45) is 0 Å². The summed E-state index contributed by atoms with van der Waals surface area (Å²) >= 11 is 0. The van der Waals surface area contributed by atoms with Gasteiger partial charge in [0.25, 0.3) is 0 Å². The Labute approximate surface area is 114 Å². The zero-order valence-electron chi connectivity index (χ0n) is 11.5. The molecule has 2 aromatic carbocycles. The Hall–Kier alpha value is -1.42. The summed E-state index contributed by atoms with van der Waals surface area (Å²) < 4.78 is 5.03. The molecule has 0 saturated carbocycles. The third-order valence-electron chi connectivity index (χ3n) is 3.32. The van der Waals surface area contributed by atoms with Gasteiger partial charge >= 0.3 is 0 Å². The van der Waals surface area contributed by atoms with E-state index < -0.39 is 6.10 Å². The number of ether oxygens (including phenoxy) is 1. The molecule has 1 atom stereocenters. The number of hydrogen-bond acceptors (Lipinski definition) is 3. The SMILES string of the molecule is COCCN(C)CC(O)c1ccc2ccccc2c1. The molecular formula is C16H21NO2. The van der Waals surface area contributed by atoms with Gasteiger partial charge in [-0.1, -0.05) is 36.4 Å². The molecule has 0 aliphatic carbocycles. The summed E-state index contributed by atoms with van der Waals surface area (Å²) in [5.41, 5.74) is 0.961. The minimum absolute atomic E-state index is 0.466. The molecule has 0 fully saturated rings. The van der Waals surface area contributed by atoms with E-state index in [9.17, 15) is 5.11 Å². The molecular weight excluding hydrogens is 238 g/mol. The van der Waals surface area contributed by atoms with E-state index >= 15 is 0 Å². The molecule has 19 heavy (non-hydrogen) atoms. The second-order valence-electron chi connectivity index (χ2n) is 4.88. The first-order valence-electron chi connectivity index (χ1n) is 6.55. The van der Waals surface area contributed by atoms with E-state index in [1.165, 1.54) is 10.8 Å². The van der Waals surface area contributed by atoms with E-state index in [1.807, 2.05) is 25.2 Å². The molecule has 0 heterocycles. The summed E-state index contributed by atoms with van der Waals surface area (Å²) in [4.78, 5) is 2.07. The van der Waals surface area contributed by atoms with Crippen LogP contribution in [0, 0.1) is 0 Å². The van der Waals surface area contributed by atoms with Crippen LogP contribution >= 0.6 is 0 Å². The lowest BCUT2D eigenvalue weighted by Gasteiger charge is -2.20. The van der Waals surface area contributed by atoms with Crippen LogP contribution in [-0.2, 0) is 4.74 Å². The minimum Gasteiger partial charge on any atom is -0.387 e. The van der Waals surface area contributed by atoms with Crippen molar-refractivity contribution in [3.8, 4) is 0 Å². The molecule has 0 amide bonds. The first-order chi connectivity index (χ1) is 9.20. The number of methoxy groups -OCH3 is 1. The maximum absolute atomic E-state index is 10.3. The van der Waals surface area contributed by atoms with Gasteiger partial charge in [0, 0.05) is 20.2 Å². The molecule has 0 bridgehead atoms. The molecule has 1 unspecified atom stereocenters. The van der Waals surface area contributed by atoms with Crippen LogP contribution in [0.3, 0.4) is 0 Å². The van der Waals surface area contributed by atoms with Crippen molar-refractivity contribution in [1.82, 2.24) is 4.90 Å². The highest BCUT2D eigenvalue weighted by Crippen LogP contribution is 2.20. The van der Waals surface area contributed by atoms with E-state index in [1.54, 1.807) is 7.11 Å². The van der Waals surface area contributed by atoms with Crippen LogP contribution in [0.5, 0.6) is 0 Å². The average Bonchev–Trinajstić information content (AvgIpc) is 2.44. The van der Waals surface area contributed by atoms with Crippen LogP contribution in [-0.4, -0.2) is 43.9 Å². The summed E-state index contributed by atoms with van der Waals surface area (Å²) in [7, 11) is 3.68. The Morgan fingerprint density at radius 1 is 1.16 bits per heavy atom. The van der Waals surface area contributed by atoms with Gasteiger partial charge in [-0.2, -0.15) is 0 Å². The van der Waals surface area contributed by atoms with Gasteiger partial charge in [-0.3, -0.25) is 0 Å². The maximum Gasteiger partial charge on any atom is 0.0917 e. The number of hydrogen-bond donors (Lipinski definition) is 1. The Morgan fingerprint density at radius 3 is 2.63 bits per heavy atom. The monoisotopic (exact) mass is 259 g/mol. The van der Waals surface area contributed by atoms with E-state index in [-0.39, 0.29) is 0 Å². The predicted octanol–water partition coefficient (Wildman–Crippen LogP) is 2.45. The smallest absolute Gasteiger partial charge is 0.0917 e. The molecule has 2 aromatic rings. The number of aliphatic hydroxyl groups excluding tert-OH is 1. The summed E-state index contributed by atoms with van der Waals surface area (Å²) in [5, 5.41) is 12.6. The molecule has 0 aliphatic rings. The van der Waals surface area contributed by atoms with Crippen LogP contribution in [0.4, 0.5) is 0 Å². The van der Waals surface area contributed by atoms with E-state index in [0.717, 1.165) is 12.1 Å². The van der Waals surface area contributed by atoms with Gasteiger partial charge in [0.15, 0.2) is 0 Å². The lowest BCUT2D eigenvalue weighted by Crippen LogP contribution is -2.27. The molecule has 0 aliphatic heterocycles. The second kappa shape index (κ2) is 6.66. The first kappa shape index (κ1) is 14.0. The van der Waals surface area contributed by atoms with Crippen molar-refractivity contribution in [2.45, 2.75) is 6.10 Å². The van der Waals surface area contributed by atoms with Gasteiger partial charge < -0.3 is 14.7 Å². The molecule has 0 radical (unpaired) electrons. The minimum atomic E-state index is -0.466. The van der Waals surface area contributed by atoms with E-state index in [2.05, 4.69) is 29.2 Å². The van der Waals surface area contributed by atoms with Crippen molar-refractivity contribution in [2.75, 3.05) is 33.9 Å². The Bertz CT molecular complexity index is 527. The van der Waals surface area contributed by atoms with Gasteiger partial charge in [-0.05, 0) is 29.4 Å². The summed E-state index contributed by atoms with van der Waals surface area (Å²) in [5.74, 6) is 0. The van der Waals surface area contributed by atoms with Crippen LogP contribution in [0.1, 0.15) is 11.7 Å². The number of rotatable bonds is 6. The molecule has 0 spiro atoms. The van der Waals surface area contributed by atoms with Crippen molar-refractivity contribution in [1.29, 1.82) is 0 Å². The molecule has 102 valence electrons. The van der Waals surface area contributed by atoms with Gasteiger partial charge in [-0.15, -0.1) is 0 Å². The normalized spacial score (nSPS) is 13.1. The topological polar surface area (TPSA) is 32.7 Å². The van der Waals surface area contributed by atoms with Gasteiger partial charge in [0.05, 0.1) is 12.7 Å². The highest BCUT2D eigenvalue weighted by Gasteiger charge is 2.10. The average molecular weight is 259 g/mol. The third kappa shape index (κ3) is 3.77.